The van der Waals surface area contributed by atoms with Gasteiger partial charge in [0.05, 0.1) is 6.54 Å². The molecule has 0 saturated heterocycles. The van der Waals surface area contributed by atoms with Crippen molar-refractivity contribution in [3.63, 3.8) is 0 Å². The average Bonchev–Trinajstić information content (AvgIpc) is 2.77. The number of fused-ring (bicyclic) bond motifs is 1. The second-order valence-corrected chi connectivity index (χ2v) is 5.40. The first kappa shape index (κ1) is 12.6. The molecule has 0 fully saturated rings. The van der Waals surface area contributed by atoms with Gasteiger partial charge in [-0.2, -0.15) is 0 Å². The Kier molecular flexibility index (Phi) is 4.18. The van der Waals surface area contributed by atoms with E-state index in [1.807, 2.05) is 30.1 Å². The summed E-state index contributed by atoms with van der Waals surface area (Å²) < 4.78 is 0. The maximum absolute atomic E-state index is 12.0. The smallest absolute Gasteiger partial charge is 0.236 e. The van der Waals surface area contributed by atoms with Crippen molar-refractivity contribution in [2.75, 3.05) is 26.2 Å². The normalized spacial score (nSPS) is 15.6. The zero-order valence-corrected chi connectivity index (χ0v) is 11.4. The number of nitrogens with zero attached hydrogens (tertiary/aromatic N) is 2. The van der Waals surface area contributed by atoms with Crippen LogP contribution in [-0.2, 0) is 17.8 Å². The minimum atomic E-state index is 0.258. The van der Waals surface area contributed by atoms with Crippen molar-refractivity contribution in [2.45, 2.75) is 26.8 Å². The Balaban J connectivity index is 1.91. The summed E-state index contributed by atoms with van der Waals surface area (Å²) in [5, 5.41) is 2.15. The summed E-state index contributed by atoms with van der Waals surface area (Å²) >= 11 is 1.84. The molecule has 3 nitrogen and oxygen atoms in total. The van der Waals surface area contributed by atoms with Gasteiger partial charge in [-0.1, -0.05) is 0 Å². The first-order chi connectivity index (χ1) is 8.24. The minimum absolute atomic E-state index is 0.258. The first-order valence-corrected chi connectivity index (χ1v) is 7.18. The van der Waals surface area contributed by atoms with Gasteiger partial charge in [-0.3, -0.25) is 9.69 Å². The highest BCUT2D eigenvalue weighted by atomic mass is 32.1. The van der Waals surface area contributed by atoms with Crippen molar-refractivity contribution < 1.29 is 4.79 Å². The lowest BCUT2D eigenvalue weighted by atomic mass is 10.1. The number of amides is 1. The Labute approximate surface area is 107 Å². The van der Waals surface area contributed by atoms with Gasteiger partial charge in [-0.15, -0.1) is 11.3 Å². The van der Waals surface area contributed by atoms with Crippen molar-refractivity contribution in [1.82, 2.24) is 9.80 Å². The Morgan fingerprint density at radius 2 is 2.24 bits per heavy atom. The van der Waals surface area contributed by atoms with E-state index in [0.717, 1.165) is 32.6 Å². The van der Waals surface area contributed by atoms with Crippen LogP contribution in [-0.4, -0.2) is 41.9 Å². The summed E-state index contributed by atoms with van der Waals surface area (Å²) in [6.45, 7) is 8.21. The van der Waals surface area contributed by atoms with Crippen LogP contribution in [0.3, 0.4) is 0 Å². The number of carbonyl (C=O) groups is 1. The molecule has 0 N–H and O–H groups in total. The molecule has 0 aromatic carbocycles. The number of hydrogen-bond acceptors (Lipinski definition) is 3. The van der Waals surface area contributed by atoms with Gasteiger partial charge >= 0.3 is 0 Å². The van der Waals surface area contributed by atoms with E-state index >= 15 is 0 Å². The largest absolute Gasteiger partial charge is 0.342 e. The average molecular weight is 252 g/mol. The summed E-state index contributed by atoms with van der Waals surface area (Å²) in [7, 11) is 0. The van der Waals surface area contributed by atoms with Crippen LogP contribution in [0, 0.1) is 0 Å². The van der Waals surface area contributed by atoms with Crippen LogP contribution >= 0.6 is 11.3 Å². The van der Waals surface area contributed by atoms with Crippen LogP contribution in [0.5, 0.6) is 0 Å². The molecule has 0 spiro atoms. The Morgan fingerprint density at radius 1 is 1.47 bits per heavy atom. The van der Waals surface area contributed by atoms with Gasteiger partial charge in [-0.25, -0.2) is 0 Å². The van der Waals surface area contributed by atoms with Crippen LogP contribution in [0.4, 0.5) is 0 Å². The highest BCUT2D eigenvalue weighted by Crippen LogP contribution is 2.23. The maximum Gasteiger partial charge on any atom is 0.236 e. The number of hydrogen-bond donors (Lipinski definition) is 0. The Morgan fingerprint density at radius 3 is 2.94 bits per heavy atom. The third kappa shape index (κ3) is 2.87. The number of carbonyl (C=O) groups excluding carboxylic acids is 1. The third-order valence-corrected chi connectivity index (χ3v) is 4.38. The molecule has 17 heavy (non-hydrogen) atoms. The van der Waals surface area contributed by atoms with E-state index in [1.54, 1.807) is 0 Å². The lowest BCUT2D eigenvalue weighted by molar-refractivity contribution is -0.132. The molecule has 0 unspecified atom stereocenters. The summed E-state index contributed by atoms with van der Waals surface area (Å²) in [6, 6.07) is 2.19. The van der Waals surface area contributed by atoms with Gasteiger partial charge in [0.2, 0.25) is 5.91 Å². The molecular weight excluding hydrogens is 232 g/mol. The van der Waals surface area contributed by atoms with Crippen LogP contribution in [0.25, 0.3) is 0 Å². The molecule has 0 saturated carbocycles. The predicted molar refractivity (Wildman–Crippen MR) is 71.2 cm³/mol. The molecular formula is C13H20N2OS. The van der Waals surface area contributed by atoms with Crippen molar-refractivity contribution in [1.29, 1.82) is 0 Å². The fourth-order valence-corrected chi connectivity index (χ4v) is 3.20. The molecule has 0 radical (unpaired) electrons. The molecule has 1 aromatic heterocycles. The Bertz CT molecular complexity index is 385. The topological polar surface area (TPSA) is 23.6 Å². The second kappa shape index (κ2) is 5.65. The zero-order chi connectivity index (χ0) is 12.3. The molecule has 1 aliphatic heterocycles. The van der Waals surface area contributed by atoms with Crippen LogP contribution < -0.4 is 0 Å². The van der Waals surface area contributed by atoms with Crippen molar-refractivity contribution >= 4 is 17.2 Å². The minimum Gasteiger partial charge on any atom is -0.342 e. The first-order valence-electron chi connectivity index (χ1n) is 6.30. The van der Waals surface area contributed by atoms with E-state index in [2.05, 4.69) is 16.3 Å². The summed E-state index contributed by atoms with van der Waals surface area (Å²) in [4.78, 5) is 17.7. The quantitative estimate of drug-likeness (QED) is 0.818. The van der Waals surface area contributed by atoms with Gasteiger partial charge in [0.25, 0.3) is 0 Å². The molecule has 2 heterocycles. The van der Waals surface area contributed by atoms with Gasteiger partial charge in [-0.05, 0) is 37.3 Å². The summed E-state index contributed by atoms with van der Waals surface area (Å²) in [5.74, 6) is 0.258. The zero-order valence-electron chi connectivity index (χ0n) is 10.6. The molecule has 1 amide bonds. The highest BCUT2D eigenvalue weighted by molar-refractivity contribution is 7.10. The lowest BCUT2D eigenvalue weighted by Crippen LogP contribution is -2.41. The second-order valence-electron chi connectivity index (χ2n) is 4.40. The molecule has 2 rings (SSSR count). The van der Waals surface area contributed by atoms with Gasteiger partial charge in [0.1, 0.15) is 0 Å². The predicted octanol–water partition coefficient (Wildman–Crippen LogP) is 1.97. The van der Waals surface area contributed by atoms with Gasteiger partial charge < -0.3 is 4.90 Å². The highest BCUT2D eigenvalue weighted by Gasteiger charge is 2.20. The fourth-order valence-electron chi connectivity index (χ4n) is 2.31. The molecule has 0 atom stereocenters. The van der Waals surface area contributed by atoms with Crippen molar-refractivity contribution in [2.24, 2.45) is 0 Å². The number of rotatable bonds is 4. The summed E-state index contributed by atoms with van der Waals surface area (Å²) in [6.07, 6.45) is 1.10. The van der Waals surface area contributed by atoms with E-state index in [9.17, 15) is 4.79 Å². The Hall–Kier alpha value is -0.870. The van der Waals surface area contributed by atoms with E-state index in [4.69, 9.17) is 0 Å². The van der Waals surface area contributed by atoms with Crippen LogP contribution in [0.1, 0.15) is 24.3 Å². The molecule has 0 aliphatic carbocycles. The maximum atomic E-state index is 12.0. The van der Waals surface area contributed by atoms with Gasteiger partial charge in [0.15, 0.2) is 0 Å². The van der Waals surface area contributed by atoms with E-state index < -0.39 is 0 Å². The van der Waals surface area contributed by atoms with Crippen LogP contribution in [0.2, 0.25) is 0 Å². The fraction of sp³-hybridized carbons (Fsp3) is 0.615. The van der Waals surface area contributed by atoms with Crippen molar-refractivity contribution in [3.05, 3.63) is 21.9 Å². The molecule has 0 bridgehead atoms. The van der Waals surface area contributed by atoms with E-state index in [0.29, 0.717) is 6.54 Å². The van der Waals surface area contributed by atoms with Crippen LogP contribution in [0.15, 0.2) is 11.4 Å². The molecule has 1 aromatic rings. The molecule has 4 heteroatoms. The number of thiophene rings is 1. The van der Waals surface area contributed by atoms with Crippen molar-refractivity contribution in [3.8, 4) is 0 Å². The summed E-state index contributed by atoms with van der Waals surface area (Å²) in [5.41, 5.74) is 1.41. The van der Waals surface area contributed by atoms with E-state index in [1.165, 1.54) is 10.4 Å². The number of likely N-dealkylation sites (N-methyl/N-ethyl adjacent to an activating group) is 1. The standard InChI is InChI=1S/C13H20N2OS/c1-3-15(4-2)13(16)10-14-7-5-12-11(9-14)6-8-17-12/h6,8H,3-5,7,9-10H2,1-2H3. The third-order valence-electron chi connectivity index (χ3n) is 3.36. The SMILES string of the molecule is CCN(CC)C(=O)CN1CCc2sccc2C1. The lowest BCUT2D eigenvalue weighted by Gasteiger charge is -2.28. The molecule has 94 valence electrons. The van der Waals surface area contributed by atoms with Gasteiger partial charge in [0, 0.05) is 31.1 Å². The van der Waals surface area contributed by atoms with E-state index in [-0.39, 0.29) is 5.91 Å². The molecule has 1 aliphatic rings. The monoisotopic (exact) mass is 252 g/mol.